The molecule has 0 aromatic heterocycles. The lowest BCUT2D eigenvalue weighted by Gasteiger charge is -2.11. The molecule has 100 valence electrons. The topological polar surface area (TPSA) is 40.9 Å². The summed E-state index contributed by atoms with van der Waals surface area (Å²) in [4.78, 5) is 12.5. The Hall–Kier alpha value is -1.82. The van der Waals surface area contributed by atoms with Crippen LogP contribution in [0.1, 0.15) is 27.4 Å². The number of carbonyl (C=O) groups is 1. The van der Waals surface area contributed by atoms with Gasteiger partial charge in [-0.2, -0.15) is 5.26 Å². The predicted molar refractivity (Wildman–Crippen MR) is 80.3 cm³/mol. The standard InChI is InChI=1S/C16H11Cl2NO/c1-10-4-2-3-5-12(10)16(20)13(9-19)11-6-7-14(17)15(18)8-11/h2-8,13H,1H3. The average molecular weight is 304 g/mol. The van der Waals surface area contributed by atoms with E-state index in [9.17, 15) is 10.1 Å². The number of benzene rings is 2. The molecule has 0 N–H and O–H groups in total. The third kappa shape index (κ3) is 2.85. The molecule has 20 heavy (non-hydrogen) atoms. The van der Waals surface area contributed by atoms with Crippen LogP contribution in [0.25, 0.3) is 0 Å². The van der Waals surface area contributed by atoms with Gasteiger partial charge in [-0.25, -0.2) is 0 Å². The molecule has 0 aliphatic carbocycles. The van der Waals surface area contributed by atoms with Gasteiger partial charge in [-0.1, -0.05) is 53.5 Å². The average Bonchev–Trinajstić information content (AvgIpc) is 2.44. The van der Waals surface area contributed by atoms with Crippen molar-refractivity contribution in [2.45, 2.75) is 12.8 Å². The van der Waals surface area contributed by atoms with Gasteiger partial charge in [0.15, 0.2) is 5.78 Å². The number of halogens is 2. The number of hydrogen-bond donors (Lipinski definition) is 0. The Morgan fingerprint density at radius 3 is 2.45 bits per heavy atom. The molecule has 0 saturated carbocycles. The van der Waals surface area contributed by atoms with Gasteiger partial charge < -0.3 is 0 Å². The summed E-state index contributed by atoms with van der Waals surface area (Å²) in [5.74, 6) is -1.12. The Labute approximate surface area is 127 Å². The van der Waals surface area contributed by atoms with Crippen molar-refractivity contribution >= 4 is 29.0 Å². The van der Waals surface area contributed by atoms with Gasteiger partial charge in [0.25, 0.3) is 0 Å². The van der Waals surface area contributed by atoms with E-state index in [1.165, 1.54) is 0 Å². The minimum absolute atomic E-state index is 0.232. The fraction of sp³-hybridized carbons (Fsp3) is 0.125. The summed E-state index contributed by atoms with van der Waals surface area (Å²) in [5, 5.41) is 10.0. The predicted octanol–water partition coefficient (Wildman–Crippen LogP) is 4.79. The highest BCUT2D eigenvalue weighted by molar-refractivity contribution is 6.42. The summed E-state index contributed by atoms with van der Waals surface area (Å²) in [6, 6.07) is 14.0. The maximum atomic E-state index is 12.5. The van der Waals surface area contributed by atoms with E-state index < -0.39 is 5.92 Å². The van der Waals surface area contributed by atoms with Crippen LogP contribution in [-0.4, -0.2) is 5.78 Å². The van der Waals surface area contributed by atoms with Crippen LogP contribution in [0, 0.1) is 18.3 Å². The Bertz CT molecular complexity index is 704. The molecule has 2 aromatic rings. The first-order valence-corrected chi connectivity index (χ1v) is 6.74. The molecule has 0 bridgehead atoms. The zero-order valence-electron chi connectivity index (χ0n) is 10.7. The van der Waals surface area contributed by atoms with Crippen molar-refractivity contribution < 1.29 is 4.79 Å². The quantitative estimate of drug-likeness (QED) is 0.765. The molecule has 0 spiro atoms. The molecule has 1 unspecified atom stereocenters. The molecule has 0 radical (unpaired) electrons. The molecule has 0 heterocycles. The largest absolute Gasteiger partial charge is 0.292 e. The summed E-state index contributed by atoms with van der Waals surface area (Å²) >= 11 is 11.8. The van der Waals surface area contributed by atoms with Gasteiger partial charge in [-0.05, 0) is 30.2 Å². The fourth-order valence-electron chi connectivity index (χ4n) is 1.98. The summed E-state index contributed by atoms with van der Waals surface area (Å²) in [6.07, 6.45) is 0. The van der Waals surface area contributed by atoms with E-state index in [2.05, 4.69) is 0 Å². The fourth-order valence-corrected chi connectivity index (χ4v) is 2.29. The Morgan fingerprint density at radius 2 is 1.85 bits per heavy atom. The second-order valence-electron chi connectivity index (χ2n) is 4.41. The second-order valence-corrected chi connectivity index (χ2v) is 5.23. The molecular weight excluding hydrogens is 293 g/mol. The second kappa shape index (κ2) is 6.09. The first kappa shape index (κ1) is 14.6. The number of Topliss-reactive ketones (excluding diaryl/α,β-unsaturated/α-hetero) is 1. The first-order valence-electron chi connectivity index (χ1n) is 5.99. The summed E-state index contributed by atoms with van der Waals surface area (Å²) in [5.41, 5.74) is 1.94. The van der Waals surface area contributed by atoms with Crippen LogP contribution in [0.3, 0.4) is 0 Å². The molecule has 4 heteroatoms. The monoisotopic (exact) mass is 303 g/mol. The summed E-state index contributed by atoms with van der Waals surface area (Å²) < 4.78 is 0. The van der Waals surface area contributed by atoms with Gasteiger partial charge in [0, 0.05) is 5.56 Å². The molecule has 0 aliphatic heterocycles. The van der Waals surface area contributed by atoms with Gasteiger partial charge in [0.1, 0.15) is 5.92 Å². The SMILES string of the molecule is Cc1ccccc1C(=O)C(C#N)c1ccc(Cl)c(Cl)c1. The lowest BCUT2D eigenvalue weighted by molar-refractivity contribution is 0.0978. The molecule has 0 fully saturated rings. The highest BCUT2D eigenvalue weighted by Crippen LogP contribution is 2.28. The van der Waals surface area contributed by atoms with E-state index in [-0.39, 0.29) is 5.78 Å². The van der Waals surface area contributed by atoms with Crippen LogP contribution in [-0.2, 0) is 0 Å². The summed E-state index contributed by atoms with van der Waals surface area (Å²) in [7, 11) is 0. The van der Waals surface area contributed by atoms with Gasteiger partial charge in [-0.3, -0.25) is 4.79 Å². The van der Waals surface area contributed by atoms with E-state index >= 15 is 0 Å². The molecule has 1 atom stereocenters. The number of ketones is 1. The van der Waals surface area contributed by atoms with E-state index in [4.69, 9.17) is 23.2 Å². The van der Waals surface area contributed by atoms with Gasteiger partial charge in [0.2, 0.25) is 0 Å². The van der Waals surface area contributed by atoms with Gasteiger partial charge in [0.05, 0.1) is 16.1 Å². The molecule has 2 rings (SSSR count). The lowest BCUT2D eigenvalue weighted by atomic mass is 9.90. The number of aryl methyl sites for hydroxylation is 1. The van der Waals surface area contributed by atoms with Crippen LogP contribution in [0.15, 0.2) is 42.5 Å². The minimum Gasteiger partial charge on any atom is -0.292 e. The van der Waals surface area contributed by atoms with Gasteiger partial charge in [-0.15, -0.1) is 0 Å². The van der Waals surface area contributed by atoms with Crippen molar-refractivity contribution in [1.82, 2.24) is 0 Å². The smallest absolute Gasteiger partial charge is 0.184 e. The third-order valence-corrected chi connectivity index (χ3v) is 3.82. The van der Waals surface area contributed by atoms with Crippen LogP contribution < -0.4 is 0 Å². The Kier molecular flexibility index (Phi) is 4.44. The number of carbonyl (C=O) groups excluding carboxylic acids is 1. The van der Waals surface area contributed by atoms with Crippen LogP contribution in [0.2, 0.25) is 10.0 Å². The summed E-state index contributed by atoms with van der Waals surface area (Å²) in [6.45, 7) is 1.84. The van der Waals surface area contributed by atoms with E-state index in [1.54, 1.807) is 30.3 Å². The van der Waals surface area contributed by atoms with E-state index in [0.29, 0.717) is 21.2 Å². The first-order chi connectivity index (χ1) is 9.54. The molecule has 0 saturated heterocycles. The maximum absolute atomic E-state index is 12.5. The molecular formula is C16H11Cl2NO. The number of rotatable bonds is 3. The zero-order chi connectivity index (χ0) is 14.7. The lowest BCUT2D eigenvalue weighted by Crippen LogP contribution is -2.12. The van der Waals surface area contributed by atoms with Crippen molar-refractivity contribution in [2.75, 3.05) is 0 Å². The molecule has 0 amide bonds. The van der Waals surface area contributed by atoms with Crippen molar-refractivity contribution in [3.8, 4) is 6.07 Å². The molecule has 0 aliphatic rings. The zero-order valence-corrected chi connectivity index (χ0v) is 12.2. The Balaban J connectivity index is 2.43. The maximum Gasteiger partial charge on any atom is 0.184 e. The molecule has 2 aromatic carbocycles. The van der Waals surface area contributed by atoms with Crippen LogP contribution >= 0.6 is 23.2 Å². The van der Waals surface area contributed by atoms with Crippen LogP contribution in [0.4, 0.5) is 0 Å². The highest BCUT2D eigenvalue weighted by Gasteiger charge is 2.23. The number of nitriles is 1. The molecule has 2 nitrogen and oxygen atoms in total. The normalized spacial score (nSPS) is 11.7. The number of nitrogens with zero attached hydrogens (tertiary/aromatic N) is 1. The third-order valence-electron chi connectivity index (χ3n) is 3.08. The van der Waals surface area contributed by atoms with Gasteiger partial charge >= 0.3 is 0 Å². The Morgan fingerprint density at radius 1 is 1.15 bits per heavy atom. The van der Waals surface area contributed by atoms with Crippen molar-refractivity contribution in [1.29, 1.82) is 5.26 Å². The minimum atomic E-state index is -0.883. The van der Waals surface area contributed by atoms with Crippen molar-refractivity contribution in [2.24, 2.45) is 0 Å². The highest BCUT2D eigenvalue weighted by atomic mass is 35.5. The van der Waals surface area contributed by atoms with Crippen LogP contribution in [0.5, 0.6) is 0 Å². The van der Waals surface area contributed by atoms with E-state index in [1.807, 2.05) is 25.1 Å². The number of hydrogen-bond acceptors (Lipinski definition) is 2. The van der Waals surface area contributed by atoms with Crippen molar-refractivity contribution in [3.63, 3.8) is 0 Å². The van der Waals surface area contributed by atoms with E-state index in [0.717, 1.165) is 5.56 Å². The van der Waals surface area contributed by atoms with Crippen molar-refractivity contribution in [3.05, 3.63) is 69.2 Å².